The molecule has 8 rings (SSSR count). The molecule has 5 N–H and O–H groups in total. The van der Waals surface area contributed by atoms with Crippen LogP contribution in [-0.4, -0.2) is 43.0 Å². The number of rotatable bonds is 12. The van der Waals surface area contributed by atoms with E-state index < -0.39 is 31.6 Å². The van der Waals surface area contributed by atoms with Gasteiger partial charge in [-0.15, -0.1) is 0 Å². The molecule has 0 bridgehead atoms. The van der Waals surface area contributed by atoms with Gasteiger partial charge in [-0.3, -0.25) is 14.4 Å². The Kier molecular flexibility index (Phi) is 8.90. The van der Waals surface area contributed by atoms with Gasteiger partial charge in [-0.1, -0.05) is 18.2 Å². The fourth-order valence-electron chi connectivity index (χ4n) is 5.91. The van der Waals surface area contributed by atoms with Crippen molar-refractivity contribution in [1.82, 2.24) is 19.9 Å². The van der Waals surface area contributed by atoms with Gasteiger partial charge in [-0.25, -0.2) is 35.6 Å². The number of oxazole rings is 2. The van der Waals surface area contributed by atoms with Crippen LogP contribution in [0, 0.1) is 11.6 Å². The molecule has 0 aliphatic rings. The van der Waals surface area contributed by atoms with Crippen molar-refractivity contribution >= 4 is 76.5 Å². The molecule has 4 aromatic carbocycles. The third-order valence-corrected chi connectivity index (χ3v) is 10.0. The van der Waals surface area contributed by atoms with Crippen molar-refractivity contribution in [3.63, 3.8) is 0 Å². The van der Waals surface area contributed by atoms with Crippen molar-refractivity contribution in [3.05, 3.63) is 127 Å². The first-order chi connectivity index (χ1) is 26.3. The molecule has 0 saturated heterocycles. The molecule has 4 heterocycles. The molecular weight excluding hydrogens is 755 g/mol. The summed E-state index contributed by atoms with van der Waals surface area (Å²) < 4.78 is 96.0. The number of fused-ring (bicyclic) bond motifs is 2. The molecule has 0 fully saturated rings. The zero-order chi connectivity index (χ0) is 38.3. The van der Waals surface area contributed by atoms with Crippen molar-refractivity contribution in [1.29, 1.82) is 0 Å². The highest BCUT2D eigenvalue weighted by molar-refractivity contribution is 7.92. The SMILES string of the molecule is CS(=O)(=O)Nc1cccc(Nc2ncc(-c3ccc4c(CS(=O)(=O)Nc5cccc(Nc6ncc(-c7cc8cc(F)ccc8[nH]7)o6)c5)nccc4c3F)o2)c1. The van der Waals surface area contributed by atoms with Crippen molar-refractivity contribution in [3.8, 4) is 22.8 Å². The van der Waals surface area contributed by atoms with Gasteiger partial charge in [-0.05, 0) is 72.8 Å². The summed E-state index contributed by atoms with van der Waals surface area (Å²) in [5.41, 5.74) is 3.07. The molecule has 0 amide bonds. The Labute approximate surface area is 311 Å². The van der Waals surface area contributed by atoms with Gasteiger partial charge >= 0.3 is 0 Å². The van der Waals surface area contributed by atoms with E-state index in [-0.39, 0.29) is 51.3 Å². The van der Waals surface area contributed by atoms with Crippen LogP contribution in [0.25, 0.3) is 44.5 Å². The second-order valence-corrected chi connectivity index (χ2v) is 15.9. The maximum atomic E-state index is 15.9. The summed E-state index contributed by atoms with van der Waals surface area (Å²) in [4.78, 5) is 15.8. The molecule has 14 nitrogen and oxygen atoms in total. The average molecular weight is 783 g/mol. The number of benzene rings is 4. The number of nitrogens with zero attached hydrogens (tertiary/aromatic N) is 3. The van der Waals surface area contributed by atoms with Crippen LogP contribution in [0.4, 0.5) is 43.6 Å². The zero-order valence-corrected chi connectivity index (χ0v) is 30.1. The first-order valence-corrected chi connectivity index (χ1v) is 19.9. The van der Waals surface area contributed by atoms with E-state index in [4.69, 9.17) is 8.83 Å². The summed E-state index contributed by atoms with van der Waals surface area (Å²) in [5, 5.41) is 7.02. The molecule has 278 valence electrons. The summed E-state index contributed by atoms with van der Waals surface area (Å²) in [6, 6.07) is 23.7. The highest BCUT2D eigenvalue weighted by Gasteiger charge is 2.20. The van der Waals surface area contributed by atoms with Crippen LogP contribution in [0.15, 0.2) is 118 Å². The maximum absolute atomic E-state index is 15.9. The van der Waals surface area contributed by atoms with Gasteiger partial charge < -0.3 is 24.5 Å². The lowest BCUT2D eigenvalue weighted by atomic mass is 10.0. The Morgan fingerprint density at radius 2 is 1.35 bits per heavy atom. The summed E-state index contributed by atoms with van der Waals surface area (Å²) in [6.07, 6.45) is 5.20. The number of sulfonamides is 2. The minimum atomic E-state index is -4.04. The Morgan fingerprint density at radius 3 is 2.05 bits per heavy atom. The number of aromatic amines is 1. The van der Waals surface area contributed by atoms with Crippen LogP contribution in [-0.2, 0) is 25.8 Å². The molecule has 0 atom stereocenters. The van der Waals surface area contributed by atoms with Gasteiger partial charge in [0.15, 0.2) is 11.5 Å². The van der Waals surface area contributed by atoms with Crippen molar-refractivity contribution < 1.29 is 34.5 Å². The van der Waals surface area contributed by atoms with Crippen LogP contribution >= 0.6 is 0 Å². The summed E-state index contributed by atoms with van der Waals surface area (Å²) in [7, 11) is -7.52. The minimum Gasteiger partial charge on any atom is -0.423 e. The lowest BCUT2D eigenvalue weighted by molar-refractivity contribution is 0.580. The monoisotopic (exact) mass is 782 g/mol. The van der Waals surface area contributed by atoms with Gasteiger partial charge in [0.1, 0.15) is 17.4 Å². The lowest BCUT2D eigenvalue weighted by Gasteiger charge is -2.12. The lowest BCUT2D eigenvalue weighted by Crippen LogP contribution is -2.16. The van der Waals surface area contributed by atoms with Crippen LogP contribution < -0.4 is 20.1 Å². The Morgan fingerprint density at radius 1 is 0.691 bits per heavy atom. The number of aromatic nitrogens is 4. The fourth-order valence-corrected chi connectivity index (χ4v) is 7.61. The van der Waals surface area contributed by atoms with Gasteiger partial charge in [-0.2, -0.15) is 0 Å². The molecule has 0 spiro atoms. The predicted molar refractivity (Wildman–Crippen MR) is 205 cm³/mol. The van der Waals surface area contributed by atoms with Crippen molar-refractivity contribution in [2.24, 2.45) is 0 Å². The number of H-pyrrole nitrogens is 1. The third-order valence-electron chi connectivity index (χ3n) is 8.22. The van der Waals surface area contributed by atoms with Crippen molar-refractivity contribution in [2.45, 2.75) is 5.75 Å². The largest absolute Gasteiger partial charge is 0.423 e. The van der Waals surface area contributed by atoms with E-state index in [2.05, 4.69) is 40.0 Å². The van der Waals surface area contributed by atoms with Crippen LogP contribution in [0.5, 0.6) is 0 Å². The second-order valence-electron chi connectivity index (χ2n) is 12.4. The first-order valence-electron chi connectivity index (χ1n) is 16.3. The number of anilines is 6. The normalized spacial score (nSPS) is 11.9. The summed E-state index contributed by atoms with van der Waals surface area (Å²) in [5.74, 6) is -1.06. The molecule has 55 heavy (non-hydrogen) atoms. The first kappa shape index (κ1) is 35.3. The Balaban J connectivity index is 0.955. The standard InChI is InChI=1S/C37H28F2N8O6S2/c1-54(48,49)46-25-6-2-4-23(16-25)43-36-41-18-33(52-36)29-10-9-27-28(35(29)39)12-13-40-32(27)20-55(50,51)47-26-7-3-5-24(17-26)44-37-42-19-34(53-37)31-15-21-14-22(38)8-11-30(21)45-31/h2-19,45-47H,20H2,1H3,(H,41,43)(H,42,44). The predicted octanol–water partition coefficient (Wildman–Crippen LogP) is 8.10. The molecule has 0 aliphatic carbocycles. The summed E-state index contributed by atoms with van der Waals surface area (Å²) >= 11 is 0. The molecule has 18 heteroatoms. The summed E-state index contributed by atoms with van der Waals surface area (Å²) in [6.45, 7) is 0. The minimum absolute atomic E-state index is 0.0344. The van der Waals surface area contributed by atoms with Crippen LogP contribution in [0.1, 0.15) is 5.69 Å². The van der Waals surface area contributed by atoms with E-state index in [1.54, 1.807) is 66.7 Å². The molecule has 0 saturated carbocycles. The molecular formula is C37H28F2N8O6S2. The van der Waals surface area contributed by atoms with E-state index in [0.29, 0.717) is 33.9 Å². The quantitative estimate of drug-likeness (QED) is 0.0803. The molecule has 0 radical (unpaired) electrons. The van der Waals surface area contributed by atoms with Gasteiger partial charge in [0.05, 0.1) is 47.0 Å². The van der Waals surface area contributed by atoms with Crippen LogP contribution in [0.2, 0.25) is 0 Å². The van der Waals surface area contributed by atoms with Gasteiger partial charge in [0.2, 0.25) is 20.0 Å². The van der Waals surface area contributed by atoms with Gasteiger partial charge in [0, 0.05) is 39.2 Å². The average Bonchev–Trinajstić information content (AvgIpc) is 3.88. The van der Waals surface area contributed by atoms with Gasteiger partial charge in [0.25, 0.3) is 12.0 Å². The number of hydrogen-bond donors (Lipinski definition) is 5. The third kappa shape index (κ3) is 7.94. The van der Waals surface area contributed by atoms with E-state index in [0.717, 1.165) is 11.8 Å². The Hall–Kier alpha value is -6.79. The maximum Gasteiger partial charge on any atom is 0.299 e. The smallest absolute Gasteiger partial charge is 0.299 e. The zero-order valence-electron chi connectivity index (χ0n) is 28.5. The van der Waals surface area contributed by atoms with Crippen molar-refractivity contribution in [2.75, 3.05) is 26.3 Å². The Bertz CT molecular complexity index is 2970. The highest BCUT2D eigenvalue weighted by Crippen LogP contribution is 2.33. The van der Waals surface area contributed by atoms with Crippen LogP contribution in [0.3, 0.4) is 0 Å². The number of pyridine rings is 1. The number of hydrogen-bond acceptors (Lipinski definition) is 11. The van der Waals surface area contributed by atoms with E-state index in [9.17, 15) is 21.2 Å². The van der Waals surface area contributed by atoms with E-state index >= 15 is 4.39 Å². The molecule has 4 aromatic heterocycles. The molecule has 0 unspecified atom stereocenters. The van der Waals surface area contributed by atoms with E-state index in [1.165, 1.54) is 42.9 Å². The van der Waals surface area contributed by atoms with E-state index in [1.807, 2.05) is 0 Å². The molecule has 8 aromatic rings. The highest BCUT2D eigenvalue weighted by atomic mass is 32.2. The molecule has 0 aliphatic heterocycles. The topological polar surface area (TPSA) is 197 Å². The number of halogens is 2. The fraction of sp³-hybridized carbons (Fsp3) is 0.0541. The number of nitrogens with one attached hydrogen (secondary N) is 5. The second kappa shape index (κ2) is 13.9.